The maximum atomic E-state index is 13.3. The highest BCUT2D eigenvalue weighted by Gasteiger charge is 2.34. The molecule has 39 heavy (non-hydrogen) atoms. The molecule has 10 heteroatoms. The summed E-state index contributed by atoms with van der Waals surface area (Å²) in [4.78, 5) is 44.0. The van der Waals surface area contributed by atoms with Gasteiger partial charge in [-0.15, -0.1) is 0 Å². The summed E-state index contributed by atoms with van der Waals surface area (Å²) in [5.41, 5.74) is -0.710. The van der Waals surface area contributed by atoms with Crippen LogP contribution in [0.15, 0.2) is 24.4 Å². The summed E-state index contributed by atoms with van der Waals surface area (Å²) in [5, 5.41) is 27.4. The van der Waals surface area contributed by atoms with Crippen LogP contribution in [0.1, 0.15) is 86.5 Å². The lowest BCUT2D eigenvalue weighted by Gasteiger charge is -2.33. The molecule has 0 bridgehead atoms. The highest BCUT2D eigenvalue weighted by Crippen LogP contribution is 2.28. The number of ether oxygens (including phenoxy) is 1. The number of carbonyl (C=O) groups is 3. The van der Waals surface area contributed by atoms with Crippen molar-refractivity contribution in [3.8, 4) is 0 Å². The van der Waals surface area contributed by atoms with E-state index in [2.05, 4.69) is 15.6 Å². The fourth-order valence-electron chi connectivity index (χ4n) is 5.05. The molecule has 10 nitrogen and oxygen atoms in total. The molecule has 1 aliphatic carbocycles. The smallest absolute Gasteiger partial charge is 0.407 e. The summed E-state index contributed by atoms with van der Waals surface area (Å²) in [6.07, 6.45) is 4.45. The lowest BCUT2D eigenvalue weighted by atomic mass is 9.83. The van der Waals surface area contributed by atoms with Crippen LogP contribution in [0.5, 0.6) is 0 Å². The molecule has 4 atom stereocenters. The van der Waals surface area contributed by atoms with Gasteiger partial charge in [0.05, 0.1) is 12.1 Å². The van der Waals surface area contributed by atoms with E-state index in [1.807, 2.05) is 13.8 Å². The Morgan fingerprint density at radius 2 is 1.79 bits per heavy atom. The highest BCUT2D eigenvalue weighted by atomic mass is 16.6. The van der Waals surface area contributed by atoms with Gasteiger partial charge in [0.15, 0.2) is 0 Å². The zero-order valence-electron chi connectivity index (χ0n) is 24.4. The number of aromatic nitrogens is 1. The minimum absolute atomic E-state index is 0.0970. The molecule has 0 radical (unpaired) electrons. The number of rotatable bonds is 12. The molecule has 1 aromatic heterocycles. The van der Waals surface area contributed by atoms with Crippen LogP contribution < -0.4 is 15.5 Å². The van der Waals surface area contributed by atoms with Crippen molar-refractivity contribution >= 4 is 23.7 Å². The summed E-state index contributed by atoms with van der Waals surface area (Å²) in [7, 11) is 0. The van der Waals surface area contributed by atoms with Crippen LogP contribution in [0.2, 0.25) is 0 Å². The van der Waals surface area contributed by atoms with Crippen molar-refractivity contribution in [1.82, 2.24) is 15.6 Å². The van der Waals surface area contributed by atoms with Crippen LogP contribution in [0.4, 0.5) is 10.6 Å². The minimum atomic E-state index is -1.35. The van der Waals surface area contributed by atoms with Gasteiger partial charge in [0.1, 0.15) is 23.6 Å². The summed E-state index contributed by atoms with van der Waals surface area (Å²) in [6.45, 7) is 10.3. The monoisotopic (exact) mass is 548 g/mol. The summed E-state index contributed by atoms with van der Waals surface area (Å²) in [5.74, 6) is -0.0165. The topological polar surface area (TPSA) is 141 Å². The first-order chi connectivity index (χ1) is 18.3. The van der Waals surface area contributed by atoms with E-state index in [0.29, 0.717) is 24.6 Å². The van der Waals surface area contributed by atoms with Gasteiger partial charge in [-0.25, -0.2) is 9.78 Å². The molecule has 1 aromatic rings. The Bertz CT molecular complexity index is 914. The number of alkyl carbamates (subject to hydrolysis) is 1. The molecule has 1 heterocycles. The van der Waals surface area contributed by atoms with Crippen LogP contribution in [-0.2, 0) is 14.3 Å². The number of aliphatic hydroxyl groups excluding tert-OH is 2. The van der Waals surface area contributed by atoms with Crippen LogP contribution >= 0.6 is 0 Å². The van der Waals surface area contributed by atoms with Crippen LogP contribution in [0.25, 0.3) is 0 Å². The molecule has 2 rings (SSSR count). The minimum Gasteiger partial charge on any atom is -0.444 e. The summed E-state index contributed by atoms with van der Waals surface area (Å²) in [6, 6.07) is 3.54. The number of nitrogens with one attached hydrogen (secondary N) is 2. The number of anilines is 1. The number of hydrogen-bond acceptors (Lipinski definition) is 7. The molecule has 1 saturated carbocycles. The molecule has 0 aliphatic heterocycles. The summed E-state index contributed by atoms with van der Waals surface area (Å²) < 4.78 is 5.39. The first kappa shape index (κ1) is 32.5. The van der Waals surface area contributed by atoms with Gasteiger partial charge in [-0.2, -0.15) is 0 Å². The van der Waals surface area contributed by atoms with Gasteiger partial charge in [-0.1, -0.05) is 52.0 Å². The predicted molar refractivity (Wildman–Crippen MR) is 150 cm³/mol. The largest absolute Gasteiger partial charge is 0.444 e. The number of amides is 3. The fourth-order valence-corrected chi connectivity index (χ4v) is 5.05. The van der Waals surface area contributed by atoms with Gasteiger partial charge in [-0.3, -0.25) is 14.5 Å². The van der Waals surface area contributed by atoms with E-state index < -0.39 is 41.9 Å². The lowest BCUT2D eigenvalue weighted by molar-refractivity contribution is -0.127. The lowest BCUT2D eigenvalue weighted by Crippen LogP contribution is -2.55. The Hall–Kier alpha value is -2.72. The molecule has 4 N–H and O–H groups in total. The molecule has 1 aliphatic rings. The maximum Gasteiger partial charge on any atom is 0.407 e. The fraction of sp³-hybridized carbons (Fsp3) is 0.724. The Morgan fingerprint density at radius 3 is 2.33 bits per heavy atom. The third kappa shape index (κ3) is 11.1. The maximum absolute atomic E-state index is 13.3. The molecule has 0 spiro atoms. The average molecular weight is 549 g/mol. The predicted octanol–water partition coefficient (Wildman–Crippen LogP) is 3.55. The standard InChI is InChI=1S/C29H48N4O6/c1-19(2)16-23(33(20(3)34)25-14-10-11-15-30-25)27(37)31-18-24(35)26(36)22(17-21-12-8-7-9-13-21)32-28(38)39-29(4,5)6/h10-11,14-15,19,21-24,26,35-36H,7-9,12-13,16-18H2,1-6H3,(H,31,37)(H,32,38)/t22-,23?,24-,26+/m0/s1. The average Bonchev–Trinajstić information content (AvgIpc) is 2.85. The molecular formula is C29H48N4O6. The Morgan fingerprint density at radius 1 is 1.13 bits per heavy atom. The quantitative estimate of drug-likeness (QED) is 0.313. The van der Waals surface area contributed by atoms with Gasteiger partial charge in [-0.05, 0) is 57.6 Å². The number of nitrogens with zero attached hydrogens (tertiary/aromatic N) is 2. The third-order valence-electron chi connectivity index (χ3n) is 6.85. The van der Waals surface area contributed by atoms with Crippen LogP contribution in [0, 0.1) is 11.8 Å². The molecule has 1 unspecified atom stereocenters. The van der Waals surface area contributed by atoms with Crippen LogP contribution in [-0.4, -0.2) is 69.5 Å². The van der Waals surface area contributed by atoms with Gasteiger partial charge in [0, 0.05) is 19.7 Å². The Kier molecular flexibility index (Phi) is 12.6. The SMILES string of the molecule is CC(=O)N(c1ccccn1)C(CC(C)C)C(=O)NC[C@H](O)[C@H](O)[C@H](CC1CCCCC1)NC(=O)OC(C)(C)C. The van der Waals surface area contributed by atoms with Crippen molar-refractivity contribution in [2.75, 3.05) is 11.4 Å². The van der Waals surface area contributed by atoms with E-state index in [9.17, 15) is 24.6 Å². The molecule has 220 valence electrons. The van der Waals surface area contributed by atoms with Crippen molar-refractivity contribution in [3.05, 3.63) is 24.4 Å². The normalized spacial score (nSPS) is 17.6. The van der Waals surface area contributed by atoms with Crippen LogP contribution in [0.3, 0.4) is 0 Å². The molecule has 1 fully saturated rings. The number of carbonyl (C=O) groups excluding carboxylic acids is 3. The second kappa shape index (κ2) is 15.2. The zero-order valence-corrected chi connectivity index (χ0v) is 24.4. The van der Waals surface area contributed by atoms with Crippen molar-refractivity contribution in [2.24, 2.45) is 11.8 Å². The highest BCUT2D eigenvalue weighted by molar-refractivity contribution is 5.98. The van der Waals surface area contributed by atoms with Gasteiger partial charge >= 0.3 is 6.09 Å². The third-order valence-corrected chi connectivity index (χ3v) is 6.85. The van der Waals surface area contributed by atoms with E-state index in [1.165, 1.54) is 18.2 Å². The second-order valence-corrected chi connectivity index (χ2v) is 12.0. The molecular weight excluding hydrogens is 500 g/mol. The van der Waals surface area contributed by atoms with Gasteiger partial charge in [0.25, 0.3) is 0 Å². The first-order valence-electron chi connectivity index (χ1n) is 14.1. The Labute approximate surface area is 232 Å². The van der Waals surface area contributed by atoms with Crippen molar-refractivity contribution < 1.29 is 29.3 Å². The van der Waals surface area contributed by atoms with Crippen molar-refractivity contribution in [1.29, 1.82) is 0 Å². The van der Waals surface area contributed by atoms with E-state index in [4.69, 9.17) is 4.74 Å². The van der Waals surface area contributed by atoms with Crippen molar-refractivity contribution in [3.63, 3.8) is 0 Å². The first-order valence-corrected chi connectivity index (χ1v) is 14.1. The number of hydrogen-bond donors (Lipinski definition) is 4. The van der Waals surface area contributed by atoms with Crippen molar-refractivity contribution in [2.45, 2.75) is 116 Å². The summed E-state index contributed by atoms with van der Waals surface area (Å²) >= 11 is 0. The molecule has 0 saturated heterocycles. The van der Waals surface area contributed by atoms with E-state index in [0.717, 1.165) is 25.7 Å². The molecule has 0 aromatic carbocycles. The van der Waals surface area contributed by atoms with E-state index in [1.54, 1.807) is 45.2 Å². The second-order valence-electron chi connectivity index (χ2n) is 12.0. The Balaban J connectivity index is 2.13. The number of pyridine rings is 1. The van der Waals surface area contributed by atoms with E-state index >= 15 is 0 Å². The van der Waals surface area contributed by atoms with Gasteiger partial charge < -0.3 is 25.6 Å². The zero-order chi connectivity index (χ0) is 29.2. The van der Waals surface area contributed by atoms with Gasteiger partial charge in [0.2, 0.25) is 11.8 Å². The van der Waals surface area contributed by atoms with E-state index in [-0.39, 0.29) is 18.4 Å². The molecule has 3 amide bonds. The number of aliphatic hydroxyl groups is 2.